The quantitative estimate of drug-likeness (QED) is 0.747. The smallest absolute Gasteiger partial charge is 0.260 e. The maximum atomic E-state index is 12.6. The first-order chi connectivity index (χ1) is 14.5. The fourth-order valence-electron chi connectivity index (χ4n) is 3.56. The SMILES string of the molecule is COc1ccccc1NC(=O)C1CCN(C(=O)COc2ccc(C(C)C)cc2)CC1. The highest BCUT2D eigenvalue weighted by atomic mass is 16.5. The predicted octanol–water partition coefficient (Wildman–Crippen LogP) is 4.07. The average Bonchev–Trinajstić information content (AvgIpc) is 2.78. The number of likely N-dealkylation sites (tertiary alicyclic amines) is 1. The number of anilines is 1. The number of amides is 2. The number of hydrogen-bond acceptors (Lipinski definition) is 4. The summed E-state index contributed by atoms with van der Waals surface area (Å²) in [5.74, 6) is 1.58. The Bertz CT molecular complexity index is 856. The van der Waals surface area contributed by atoms with Crippen LogP contribution in [0.3, 0.4) is 0 Å². The molecule has 1 saturated heterocycles. The van der Waals surface area contributed by atoms with Crippen LogP contribution in [0, 0.1) is 5.92 Å². The Labute approximate surface area is 178 Å². The number of methoxy groups -OCH3 is 1. The number of para-hydroxylation sites is 2. The number of nitrogens with one attached hydrogen (secondary N) is 1. The fourth-order valence-corrected chi connectivity index (χ4v) is 3.56. The zero-order chi connectivity index (χ0) is 21.5. The van der Waals surface area contributed by atoms with Crippen molar-refractivity contribution < 1.29 is 19.1 Å². The van der Waals surface area contributed by atoms with E-state index in [0.717, 1.165) is 0 Å². The van der Waals surface area contributed by atoms with Crippen LogP contribution < -0.4 is 14.8 Å². The molecule has 1 aliphatic heterocycles. The molecule has 0 atom stereocenters. The van der Waals surface area contributed by atoms with Crippen molar-refractivity contribution in [1.29, 1.82) is 0 Å². The molecule has 3 rings (SSSR count). The zero-order valence-electron chi connectivity index (χ0n) is 17.9. The van der Waals surface area contributed by atoms with Gasteiger partial charge >= 0.3 is 0 Å². The lowest BCUT2D eigenvalue weighted by Gasteiger charge is -2.31. The number of nitrogens with zero attached hydrogens (tertiary/aromatic N) is 1. The summed E-state index contributed by atoms with van der Waals surface area (Å²) in [6, 6.07) is 15.2. The van der Waals surface area contributed by atoms with Gasteiger partial charge in [0, 0.05) is 19.0 Å². The van der Waals surface area contributed by atoms with Crippen LogP contribution in [0.4, 0.5) is 5.69 Å². The third kappa shape index (κ3) is 5.53. The van der Waals surface area contributed by atoms with Crippen LogP contribution in [0.2, 0.25) is 0 Å². The normalized spacial score (nSPS) is 14.5. The molecule has 1 fully saturated rings. The van der Waals surface area contributed by atoms with Crippen molar-refractivity contribution in [2.75, 3.05) is 32.1 Å². The largest absolute Gasteiger partial charge is 0.495 e. The molecule has 0 saturated carbocycles. The van der Waals surface area contributed by atoms with Gasteiger partial charge in [-0.1, -0.05) is 38.1 Å². The van der Waals surface area contributed by atoms with E-state index in [0.29, 0.717) is 49.0 Å². The maximum absolute atomic E-state index is 12.6. The van der Waals surface area contributed by atoms with Crippen molar-refractivity contribution in [3.63, 3.8) is 0 Å². The minimum atomic E-state index is -0.122. The minimum Gasteiger partial charge on any atom is -0.495 e. The van der Waals surface area contributed by atoms with Gasteiger partial charge in [-0.05, 0) is 48.6 Å². The molecule has 0 unspecified atom stereocenters. The van der Waals surface area contributed by atoms with Gasteiger partial charge in [0.05, 0.1) is 12.8 Å². The third-order valence-electron chi connectivity index (χ3n) is 5.49. The Morgan fingerprint density at radius 1 is 1.07 bits per heavy atom. The molecular weight excluding hydrogens is 380 g/mol. The van der Waals surface area contributed by atoms with E-state index in [1.54, 1.807) is 12.0 Å². The lowest BCUT2D eigenvalue weighted by Crippen LogP contribution is -2.43. The van der Waals surface area contributed by atoms with Crippen molar-refractivity contribution >= 4 is 17.5 Å². The van der Waals surface area contributed by atoms with Gasteiger partial charge in [0.25, 0.3) is 5.91 Å². The van der Waals surface area contributed by atoms with Crippen molar-refractivity contribution in [2.45, 2.75) is 32.6 Å². The summed E-state index contributed by atoms with van der Waals surface area (Å²) in [5, 5.41) is 2.94. The lowest BCUT2D eigenvalue weighted by atomic mass is 9.95. The lowest BCUT2D eigenvalue weighted by molar-refractivity contribution is -0.136. The second-order valence-electron chi connectivity index (χ2n) is 7.86. The second kappa shape index (κ2) is 10.1. The molecule has 0 bridgehead atoms. The van der Waals surface area contributed by atoms with Gasteiger partial charge in [-0.3, -0.25) is 9.59 Å². The van der Waals surface area contributed by atoms with E-state index < -0.39 is 0 Å². The van der Waals surface area contributed by atoms with Gasteiger partial charge < -0.3 is 19.7 Å². The molecule has 0 aromatic heterocycles. The van der Waals surface area contributed by atoms with E-state index in [-0.39, 0.29) is 24.3 Å². The van der Waals surface area contributed by atoms with Crippen molar-refractivity contribution in [3.05, 3.63) is 54.1 Å². The molecule has 1 heterocycles. The number of hydrogen-bond donors (Lipinski definition) is 1. The van der Waals surface area contributed by atoms with Gasteiger partial charge in [-0.2, -0.15) is 0 Å². The topological polar surface area (TPSA) is 67.9 Å². The fraction of sp³-hybridized carbons (Fsp3) is 0.417. The van der Waals surface area contributed by atoms with Crippen LogP contribution in [0.15, 0.2) is 48.5 Å². The summed E-state index contributed by atoms with van der Waals surface area (Å²) in [4.78, 5) is 26.9. The summed E-state index contributed by atoms with van der Waals surface area (Å²) in [6.45, 7) is 5.40. The Morgan fingerprint density at radius 2 is 1.73 bits per heavy atom. The molecule has 1 N–H and O–H groups in total. The highest BCUT2D eigenvalue weighted by Gasteiger charge is 2.28. The third-order valence-corrected chi connectivity index (χ3v) is 5.49. The van der Waals surface area contributed by atoms with Gasteiger partial charge in [0.1, 0.15) is 11.5 Å². The number of piperidine rings is 1. The molecule has 6 nitrogen and oxygen atoms in total. The first-order valence-corrected chi connectivity index (χ1v) is 10.4. The minimum absolute atomic E-state index is 0.0130. The number of ether oxygens (including phenoxy) is 2. The number of benzene rings is 2. The van der Waals surface area contributed by atoms with E-state index >= 15 is 0 Å². The Balaban J connectivity index is 1.45. The second-order valence-corrected chi connectivity index (χ2v) is 7.86. The van der Waals surface area contributed by atoms with Gasteiger partial charge in [0.2, 0.25) is 5.91 Å². The van der Waals surface area contributed by atoms with E-state index in [1.807, 2.05) is 48.5 Å². The van der Waals surface area contributed by atoms with Crippen LogP contribution >= 0.6 is 0 Å². The van der Waals surface area contributed by atoms with E-state index in [4.69, 9.17) is 9.47 Å². The van der Waals surface area contributed by atoms with E-state index in [2.05, 4.69) is 19.2 Å². The Kier molecular flexibility index (Phi) is 7.33. The molecule has 0 spiro atoms. The molecule has 1 aliphatic rings. The molecular formula is C24H30N2O4. The van der Waals surface area contributed by atoms with Crippen LogP contribution in [0.5, 0.6) is 11.5 Å². The van der Waals surface area contributed by atoms with E-state index in [9.17, 15) is 9.59 Å². The van der Waals surface area contributed by atoms with Crippen molar-refractivity contribution in [3.8, 4) is 11.5 Å². The maximum Gasteiger partial charge on any atom is 0.260 e. The van der Waals surface area contributed by atoms with E-state index in [1.165, 1.54) is 5.56 Å². The summed E-state index contributed by atoms with van der Waals surface area (Å²) in [5.41, 5.74) is 1.91. The van der Waals surface area contributed by atoms with Gasteiger partial charge in [-0.15, -0.1) is 0 Å². The summed E-state index contributed by atoms with van der Waals surface area (Å²) >= 11 is 0. The first kappa shape index (κ1) is 21.7. The van der Waals surface area contributed by atoms with Crippen LogP contribution in [-0.2, 0) is 9.59 Å². The summed E-state index contributed by atoms with van der Waals surface area (Å²) < 4.78 is 10.9. The Hall–Kier alpha value is -3.02. The standard InChI is InChI=1S/C24H30N2O4/c1-17(2)18-8-10-20(11-9-18)30-16-23(27)26-14-12-19(13-15-26)24(28)25-21-6-4-5-7-22(21)29-3/h4-11,17,19H,12-16H2,1-3H3,(H,25,28). The Morgan fingerprint density at radius 3 is 2.37 bits per heavy atom. The number of carbonyl (C=O) groups is 2. The van der Waals surface area contributed by atoms with Gasteiger partial charge in [-0.25, -0.2) is 0 Å². The van der Waals surface area contributed by atoms with Gasteiger partial charge in [0.15, 0.2) is 6.61 Å². The highest BCUT2D eigenvalue weighted by Crippen LogP contribution is 2.26. The summed E-state index contributed by atoms with van der Waals surface area (Å²) in [7, 11) is 1.58. The molecule has 6 heteroatoms. The molecule has 2 aromatic rings. The summed E-state index contributed by atoms with van der Waals surface area (Å²) in [6.07, 6.45) is 1.27. The van der Waals surface area contributed by atoms with Crippen LogP contribution in [0.25, 0.3) is 0 Å². The molecule has 160 valence electrons. The highest BCUT2D eigenvalue weighted by molar-refractivity contribution is 5.94. The average molecular weight is 411 g/mol. The number of rotatable bonds is 7. The van der Waals surface area contributed by atoms with Crippen LogP contribution in [-0.4, -0.2) is 43.5 Å². The first-order valence-electron chi connectivity index (χ1n) is 10.4. The van der Waals surface area contributed by atoms with Crippen molar-refractivity contribution in [1.82, 2.24) is 4.90 Å². The molecule has 2 amide bonds. The zero-order valence-corrected chi connectivity index (χ0v) is 17.9. The molecule has 0 radical (unpaired) electrons. The molecule has 2 aromatic carbocycles. The predicted molar refractivity (Wildman–Crippen MR) is 117 cm³/mol. The molecule has 0 aliphatic carbocycles. The number of carbonyl (C=O) groups excluding carboxylic acids is 2. The molecule has 30 heavy (non-hydrogen) atoms. The van der Waals surface area contributed by atoms with Crippen LogP contribution in [0.1, 0.15) is 38.2 Å². The van der Waals surface area contributed by atoms with Crippen molar-refractivity contribution in [2.24, 2.45) is 5.92 Å². The monoisotopic (exact) mass is 410 g/mol.